The standard InChI is InChI=1S/C15H22N2O3S/c1-11-8-17(9-12(2)16-11)15(18)14-6-4-5-13(7-14)10-21(3,19)20/h4-7,11-12,16H,8-10H2,1-3H3. The van der Waals surface area contributed by atoms with Crippen molar-refractivity contribution in [3.05, 3.63) is 35.4 Å². The van der Waals surface area contributed by atoms with Crippen LogP contribution in [0.3, 0.4) is 0 Å². The van der Waals surface area contributed by atoms with Crippen molar-refractivity contribution < 1.29 is 13.2 Å². The van der Waals surface area contributed by atoms with Crippen molar-refractivity contribution >= 4 is 15.7 Å². The Morgan fingerprint density at radius 2 is 1.90 bits per heavy atom. The Kier molecular flexibility index (Phi) is 4.68. The minimum absolute atomic E-state index is 0.0365. The topological polar surface area (TPSA) is 66.5 Å². The summed E-state index contributed by atoms with van der Waals surface area (Å²) in [6.07, 6.45) is 1.20. The fraction of sp³-hybridized carbons (Fsp3) is 0.533. The predicted molar refractivity (Wildman–Crippen MR) is 83.0 cm³/mol. The molecule has 1 heterocycles. The maximum Gasteiger partial charge on any atom is 0.253 e. The molecule has 2 atom stereocenters. The lowest BCUT2D eigenvalue weighted by molar-refractivity contribution is 0.0673. The fourth-order valence-corrected chi connectivity index (χ4v) is 3.56. The number of sulfone groups is 1. The number of piperazine rings is 1. The van der Waals surface area contributed by atoms with Gasteiger partial charge in [0.05, 0.1) is 5.75 Å². The molecule has 21 heavy (non-hydrogen) atoms. The van der Waals surface area contributed by atoms with Crippen LogP contribution in [0.15, 0.2) is 24.3 Å². The molecule has 5 nitrogen and oxygen atoms in total. The molecule has 0 saturated carbocycles. The average molecular weight is 310 g/mol. The van der Waals surface area contributed by atoms with Gasteiger partial charge in [-0.25, -0.2) is 8.42 Å². The van der Waals surface area contributed by atoms with E-state index in [0.29, 0.717) is 24.2 Å². The van der Waals surface area contributed by atoms with E-state index in [1.807, 2.05) is 4.90 Å². The van der Waals surface area contributed by atoms with Crippen LogP contribution in [0.4, 0.5) is 0 Å². The van der Waals surface area contributed by atoms with E-state index in [9.17, 15) is 13.2 Å². The Morgan fingerprint density at radius 1 is 1.29 bits per heavy atom. The summed E-state index contributed by atoms with van der Waals surface area (Å²) in [4.78, 5) is 14.4. The van der Waals surface area contributed by atoms with Gasteiger partial charge in [-0.15, -0.1) is 0 Å². The third kappa shape index (κ3) is 4.54. The molecule has 1 aromatic carbocycles. The van der Waals surface area contributed by atoms with Gasteiger partial charge >= 0.3 is 0 Å². The summed E-state index contributed by atoms with van der Waals surface area (Å²) in [5.41, 5.74) is 1.21. The predicted octanol–water partition coefficient (Wildman–Crippen LogP) is 1.05. The molecule has 0 aromatic heterocycles. The average Bonchev–Trinajstić information content (AvgIpc) is 2.35. The molecule has 2 unspecified atom stereocenters. The van der Waals surface area contributed by atoms with Crippen molar-refractivity contribution in [3.63, 3.8) is 0 Å². The second-order valence-electron chi connectivity index (χ2n) is 5.95. The summed E-state index contributed by atoms with van der Waals surface area (Å²) in [5, 5.41) is 3.38. The first-order chi connectivity index (χ1) is 9.74. The van der Waals surface area contributed by atoms with Crippen molar-refractivity contribution in [2.24, 2.45) is 0 Å². The highest BCUT2D eigenvalue weighted by Gasteiger charge is 2.25. The van der Waals surface area contributed by atoms with Gasteiger partial charge in [0.1, 0.15) is 0 Å². The zero-order valence-electron chi connectivity index (χ0n) is 12.7. The van der Waals surface area contributed by atoms with Crippen LogP contribution in [-0.4, -0.2) is 50.7 Å². The molecular formula is C15H22N2O3S. The Hall–Kier alpha value is -1.40. The molecule has 1 aromatic rings. The van der Waals surface area contributed by atoms with Crippen LogP contribution >= 0.6 is 0 Å². The van der Waals surface area contributed by atoms with Crippen LogP contribution in [-0.2, 0) is 15.6 Å². The highest BCUT2D eigenvalue weighted by Crippen LogP contribution is 2.13. The molecule has 1 N–H and O–H groups in total. The van der Waals surface area contributed by atoms with Gasteiger partial charge in [-0.2, -0.15) is 0 Å². The molecular weight excluding hydrogens is 288 g/mol. The number of nitrogens with zero attached hydrogens (tertiary/aromatic N) is 1. The maximum atomic E-state index is 12.6. The van der Waals surface area contributed by atoms with E-state index in [1.54, 1.807) is 24.3 Å². The highest BCUT2D eigenvalue weighted by molar-refractivity contribution is 7.89. The van der Waals surface area contributed by atoms with Crippen LogP contribution in [0.5, 0.6) is 0 Å². The number of carbonyl (C=O) groups is 1. The van der Waals surface area contributed by atoms with E-state index in [-0.39, 0.29) is 23.7 Å². The van der Waals surface area contributed by atoms with Crippen molar-refractivity contribution in [1.82, 2.24) is 10.2 Å². The molecule has 1 aliphatic heterocycles. The van der Waals surface area contributed by atoms with Gasteiger partial charge in [-0.1, -0.05) is 12.1 Å². The second-order valence-corrected chi connectivity index (χ2v) is 8.09. The maximum absolute atomic E-state index is 12.6. The number of carbonyl (C=O) groups excluding carboxylic acids is 1. The molecule has 6 heteroatoms. The summed E-state index contributed by atoms with van der Waals surface area (Å²) in [6, 6.07) is 7.42. The lowest BCUT2D eigenvalue weighted by atomic mass is 10.1. The molecule has 2 rings (SSSR count). The smallest absolute Gasteiger partial charge is 0.253 e. The Morgan fingerprint density at radius 3 is 2.48 bits per heavy atom. The van der Waals surface area contributed by atoms with E-state index in [4.69, 9.17) is 0 Å². The van der Waals surface area contributed by atoms with Crippen LogP contribution in [0.2, 0.25) is 0 Å². The van der Waals surface area contributed by atoms with E-state index in [0.717, 1.165) is 0 Å². The zero-order valence-corrected chi connectivity index (χ0v) is 13.5. The minimum atomic E-state index is -3.10. The summed E-state index contributed by atoms with van der Waals surface area (Å²) in [6.45, 7) is 5.44. The Labute approximate surface area is 126 Å². The van der Waals surface area contributed by atoms with E-state index in [1.165, 1.54) is 6.26 Å². The molecule has 1 fully saturated rings. The van der Waals surface area contributed by atoms with Gasteiger partial charge in [0, 0.05) is 37.0 Å². The first kappa shape index (κ1) is 16.0. The molecule has 1 saturated heterocycles. The SMILES string of the molecule is CC1CN(C(=O)c2cccc(CS(C)(=O)=O)c2)CC(C)N1. The number of rotatable bonds is 3. The number of hydrogen-bond acceptors (Lipinski definition) is 4. The molecule has 1 aliphatic rings. The fourth-order valence-electron chi connectivity index (χ4n) is 2.77. The van der Waals surface area contributed by atoms with Crippen molar-refractivity contribution in [2.45, 2.75) is 31.7 Å². The molecule has 1 amide bonds. The van der Waals surface area contributed by atoms with Crippen LogP contribution in [0, 0.1) is 0 Å². The lowest BCUT2D eigenvalue weighted by Gasteiger charge is -2.36. The van der Waals surface area contributed by atoms with Gasteiger partial charge in [0.2, 0.25) is 0 Å². The number of hydrogen-bond donors (Lipinski definition) is 1. The largest absolute Gasteiger partial charge is 0.336 e. The van der Waals surface area contributed by atoms with Crippen molar-refractivity contribution in [1.29, 1.82) is 0 Å². The number of nitrogens with one attached hydrogen (secondary N) is 1. The monoisotopic (exact) mass is 310 g/mol. The van der Waals surface area contributed by atoms with Crippen LogP contribution in [0.25, 0.3) is 0 Å². The van der Waals surface area contributed by atoms with Gasteiger partial charge in [-0.3, -0.25) is 4.79 Å². The minimum Gasteiger partial charge on any atom is -0.336 e. The van der Waals surface area contributed by atoms with Gasteiger partial charge < -0.3 is 10.2 Å². The summed E-state index contributed by atoms with van der Waals surface area (Å²) in [7, 11) is -3.10. The number of amides is 1. The van der Waals surface area contributed by atoms with Gasteiger partial charge in [0.15, 0.2) is 9.84 Å². The van der Waals surface area contributed by atoms with Gasteiger partial charge in [-0.05, 0) is 31.5 Å². The third-order valence-corrected chi connectivity index (χ3v) is 4.31. The first-order valence-corrected chi connectivity index (χ1v) is 9.12. The molecule has 116 valence electrons. The van der Waals surface area contributed by atoms with E-state index >= 15 is 0 Å². The number of benzene rings is 1. The summed E-state index contributed by atoms with van der Waals surface area (Å²) >= 11 is 0. The molecule has 0 radical (unpaired) electrons. The molecule has 0 aliphatic carbocycles. The van der Waals surface area contributed by atoms with E-state index < -0.39 is 9.84 Å². The Bertz CT molecular complexity index is 618. The van der Waals surface area contributed by atoms with E-state index in [2.05, 4.69) is 19.2 Å². The quantitative estimate of drug-likeness (QED) is 0.906. The molecule has 0 bridgehead atoms. The summed E-state index contributed by atoms with van der Waals surface area (Å²) in [5.74, 6) is -0.0757. The normalized spacial score (nSPS) is 23.1. The van der Waals surface area contributed by atoms with Gasteiger partial charge in [0.25, 0.3) is 5.91 Å². The zero-order chi connectivity index (χ0) is 15.6. The van der Waals surface area contributed by atoms with Crippen LogP contribution < -0.4 is 5.32 Å². The second kappa shape index (κ2) is 6.15. The van der Waals surface area contributed by atoms with Crippen molar-refractivity contribution in [3.8, 4) is 0 Å². The lowest BCUT2D eigenvalue weighted by Crippen LogP contribution is -2.55. The third-order valence-electron chi connectivity index (χ3n) is 3.45. The van der Waals surface area contributed by atoms with Crippen LogP contribution in [0.1, 0.15) is 29.8 Å². The summed E-state index contributed by atoms with van der Waals surface area (Å²) < 4.78 is 22.7. The highest BCUT2D eigenvalue weighted by atomic mass is 32.2. The molecule has 0 spiro atoms. The Balaban J connectivity index is 2.17. The van der Waals surface area contributed by atoms with Crippen molar-refractivity contribution in [2.75, 3.05) is 19.3 Å². The first-order valence-electron chi connectivity index (χ1n) is 7.06.